The van der Waals surface area contributed by atoms with E-state index in [9.17, 15) is 0 Å². The van der Waals surface area contributed by atoms with Crippen molar-refractivity contribution < 1.29 is 0 Å². The Morgan fingerprint density at radius 3 is 2.62 bits per heavy atom. The Bertz CT molecular complexity index is 628. The average molecular weight is 230 g/mol. The Balaban J connectivity index is 2.22. The van der Waals surface area contributed by atoms with Crippen LogP contribution < -0.4 is 0 Å². The lowest BCUT2D eigenvalue weighted by Gasteiger charge is -2.02. The molecular weight excluding hydrogens is 222 g/mol. The Kier molecular flexibility index (Phi) is 2.11. The molecule has 3 aromatic rings. The predicted molar refractivity (Wildman–Crippen MR) is 63.9 cm³/mol. The highest BCUT2D eigenvalue weighted by Gasteiger charge is 2.04. The van der Waals surface area contributed by atoms with Crippen molar-refractivity contribution in [3.63, 3.8) is 0 Å². The van der Waals surface area contributed by atoms with Crippen molar-refractivity contribution in [2.24, 2.45) is 0 Å². The summed E-state index contributed by atoms with van der Waals surface area (Å²) in [4.78, 5) is 8.59. The molecule has 0 spiro atoms. The molecule has 0 aliphatic heterocycles. The third-order valence-corrected chi connectivity index (χ3v) is 2.66. The summed E-state index contributed by atoms with van der Waals surface area (Å²) in [6.45, 7) is 0. The number of pyridine rings is 1. The van der Waals surface area contributed by atoms with Gasteiger partial charge in [0, 0.05) is 16.9 Å². The summed E-state index contributed by atoms with van der Waals surface area (Å²) in [5, 5.41) is 0.723. The van der Waals surface area contributed by atoms with E-state index in [-0.39, 0.29) is 0 Å². The maximum atomic E-state index is 5.85. The van der Waals surface area contributed by atoms with Crippen molar-refractivity contribution >= 4 is 22.8 Å². The first-order chi connectivity index (χ1) is 7.84. The minimum absolute atomic E-state index is 0.723. The van der Waals surface area contributed by atoms with Crippen molar-refractivity contribution in [3.8, 4) is 5.69 Å². The second-order valence-corrected chi connectivity index (χ2v) is 3.87. The van der Waals surface area contributed by atoms with Gasteiger partial charge in [0.1, 0.15) is 11.8 Å². The van der Waals surface area contributed by atoms with Crippen LogP contribution >= 0.6 is 11.6 Å². The van der Waals surface area contributed by atoms with E-state index < -0.39 is 0 Å². The summed E-state index contributed by atoms with van der Waals surface area (Å²) >= 11 is 5.85. The summed E-state index contributed by atoms with van der Waals surface area (Å²) in [5.41, 5.74) is 2.74. The summed E-state index contributed by atoms with van der Waals surface area (Å²) < 4.78 is 1.94. The van der Waals surface area contributed by atoms with Crippen LogP contribution in [0.5, 0.6) is 0 Å². The molecule has 78 valence electrons. The summed E-state index contributed by atoms with van der Waals surface area (Å²) in [7, 11) is 0. The zero-order valence-corrected chi connectivity index (χ0v) is 9.09. The normalized spacial score (nSPS) is 10.8. The zero-order valence-electron chi connectivity index (χ0n) is 8.34. The van der Waals surface area contributed by atoms with Crippen LogP contribution in [0, 0.1) is 0 Å². The number of hydrogen-bond donors (Lipinski definition) is 0. The third-order valence-electron chi connectivity index (χ3n) is 2.41. The minimum atomic E-state index is 0.723. The summed E-state index contributed by atoms with van der Waals surface area (Å²) in [6, 6.07) is 11.4. The van der Waals surface area contributed by atoms with Gasteiger partial charge in [-0.15, -0.1) is 0 Å². The van der Waals surface area contributed by atoms with Crippen LogP contribution in [0.25, 0.3) is 16.9 Å². The molecule has 0 aliphatic rings. The smallest absolute Gasteiger partial charge is 0.164 e. The van der Waals surface area contributed by atoms with Crippen molar-refractivity contribution in [1.29, 1.82) is 0 Å². The number of halogens is 1. The maximum absolute atomic E-state index is 5.85. The second kappa shape index (κ2) is 3.61. The van der Waals surface area contributed by atoms with Crippen LogP contribution in [0.2, 0.25) is 5.02 Å². The van der Waals surface area contributed by atoms with Gasteiger partial charge >= 0.3 is 0 Å². The number of hydrogen-bond acceptors (Lipinski definition) is 2. The third kappa shape index (κ3) is 1.46. The number of imidazole rings is 1. The standard InChI is InChI=1S/C12H8ClN3/c13-9-3-5-10(6-4-9)16-8-15-11-2-1-7-14-12(11)16/h1-8H. The van der Waals surface area contributed by atoms with Gasteiger partial charge in [0.05, 0.1) is 0 Å². The maximum Gasteiger partial charge on any atom is 0.164 e. The van der Waals surface area contributed by atoms with E-state index in [1.807, 2.05) is 41.0 Å². The molecule has 3 rings (SSSR count). The largest absolute Gasteiger partial charge is 0.283 e. The molecule has 1 aromatic carbocycles. The van der Waals surface area contributed by atoms with Gasteiger partial charge in [-0.05, 0) is 36.4 Å². The van der Waals surface area contributed by atoms with E-state index in [0.717, 1.165) is 21.9 Å². The molecule has 0 unspecified atom stereocenters. The minimum Gasteiger partial charge on any atom is -0.283 e. The first-order valence-electron chi connectivity index (χ1n) is 4.88. The Morgan fingerprint density at radius 2 is 1.81 bits per heavy atom. The Hall–Kier alpha value is -1.87. The summed E-state index contributed by atoms with van der Waals surface area (Å²) in [5.74, 6) is 0. The van der Waals surface area contributed by atoms with Gasteiger partial charge in [0.2, 0.25) is 0 Å². The highest BCUT2D eigenvalue weighted by Crippen LogP contribution is 2.17. The van der Waals surface area contributed by atoms with Gasteiger partial charge < -0.3 is 0 Å². The quantitative estimate of drug-likeness (QED) is 0.642. The van der Waals surface area contributed by atoms with E-state index >= 15 is 0 Å². The van der Waals surface area contributed by atoms with Crippen molar-refractivity contribution in [2.75, 3.05) is 0 Å². The molecule has 0 fully saturated rings. The molecule has 0 aliphatic carbocycles. The molecule has 0 amide bonds. The molecule has 0 saturated carbocycles. The molecule has 16 heavy (non-hydrogen) atoms. The molecule has 0 atom stereocenters. The monoisotopic (exact) mass is 229 g/mol. The zero-order chi connectivity index (χ0) is 11.0. The van der Waals surface area contributed by atoms with E-state index in [0.29, 0.717) is 0 Å². The SMILES string of the molecule is Clc1ccc(-n2cnc3cccnc32)cc1. The van der Waals surface area contributed by atoms with Crippen molar-refractivity contribution in [3.05, 3.63) is 53.9 Å². The van der Waals surface area contributed by atoms with Crippen molar-refractivity contribution in [2.45, 2.75) is 0 Å². The summed E-state index contributed by atoms with van der Waals surface area (Å²) in [6.07, 6.45) is 3.53. The van der Waals surface area contributed by atoms with Gasteiger partial charge in [0.15, 0.2) is 5.65 Å². The molecule has 3 nitrogen and oxygen atoms in total. The highest BCUT2D eigenvalue weighted by molar-refractivity contribution is 6.30. The van der Waals surface area contributed by atoms with Gasteiger partial charge in [-0.1, -0.05) is 11.6 Å². The number of nitrogens with zero attached hydrogens (tertiary/aromatic N) is 3. The van der Waals surface area contributed by atoms with E-state index in [1.54, 1.807) is 12.5 Å². The lowest BCUT2D eigenvalue weighted by molar-refractivity contribution is 1.07. The van der Waals surface area contributed by atoms with Crippen LogP contribution in [0.1, 0.15) is 0 Å². The van der Waals surface area contributed by atoms with Crippen LogP contribution in [-0.2, 0) is 0 Å². The highest BCUT2D eigenvalue weighted by atomic mass is 35.5. The fourth-order valence-corrected chi connectivity index (χ4v) is 1.77. The predicted octanol–water partition coefficient (Wildman–Crippen LogP) is 3.07. The van der Waals surface area contributed by atoms with Gasteiger partial charge in [0.25, 0.3) is 0 Å². The molecule has 2 aromatic heterocycles. The fourth-order valence-electron chi connectivity index (χ4n) is 1.64. The lowest BCUT2D eigenvalue weighted by Crippen LogP contribution is -1.92. The van der Waals surface area contributed by atoms with Gasteiger partial charge in [-0.3, -0.25) is 4.57 Å². The van der Waals surface area contributed by atoms with E-state index in [2.05, 4.69) is 9.97 Å². The van der Waals surface area contributed by atoms with Crippen LogP contribution in [0.4, 0.5) is 0 Å². The Labute approximate surface area is 97.3 Å². The van der Waals surface area contributed by atoms with Crippen LogP contribution in [-0.4, -0.2) is 14.5 Å². The number of aromatic nitrogens is 3. The molecule has 4 heteroatoms. The van der Waals surface area contributed by atoms with Crippen LogP contribution in [0.15, 0.2) is 48.9 Å². The molecule has 0 N–H and O–H groups in total. The second-order valence-electron chi connectivity index (χ2n) is 3.44. The molecule has 0 radical (unpaired) electrons. The fraction of sp³-hybridized carbons (Fsp3) is 0. The first kappa shape index (κ1) is 9.36. The van der Waals surface area contributed by atoms with E-state index in [4.69, 9.17) is 11.6 Å². The molecular formula is C12H8ClN3. The average Bonchev–Trinajstić information content (AvgIpc) is 2.74. The topological polar surface area (TPSA) is 30.7 Å². The Morgan fingerprint density at radius 1 is 1.00 bits per heavy atom. The first-order valence-corrected chi connectivity index (χ1v) is 5.26. The molecule has 2 heterocycles. The van der Waals surface area contributed by atoms with Gasteiger partial charge in [-0.2, -0.15) is 0 Å². The molecule has 0 saturated heterocycles. The van der Waals surface area contributed by atoms with Crippen LogP contribution in [0.3, 0.4) is 0 Å². The number of fused-ring (bicyclic) bond motifs is 1. The van der Waals surface area contributed by atoms with E-state index in [1.165, 1.54) is 0 Å². The van der Waals surface area contributed by atoms with Gasteiger partial charge in [-0.25, -0.2) is 9.97 Å². The lowest BCUT2D eigenvalue weighted by atomic mass is 10.3. The number of benzene rings is 1. The molecule has 0 bridgehead atoms. The number of rotatable bonds is 1. The van der Waals surface area contributed by atoms with Crippen molar-refractivity contribution in [1.82, 2.24) is 14.5 Å².